The zero-order valence-corrected chi connectivity index (χ0v) is 16.2. The van der Waals surface area contributed by atoms with Gasteiger partial charge in [-0.2, -0.15) is 0 Å². The van der Waals surface area contributed by atoms with Gasteiger partial charge in [-0.25, -0.2) is 0 Å². The standard InChI is InChI=1S/C24H23OSi/c1-16(15-24(26)13-2-3-14-25-24)20-11-9-19-8-7-17-5-4-6-18-10-12-21(20)23(19)22(17)18/h4-12,16H,2-3,13-15H2,1H3. The average molecular weight is 356 g/mol. The first-order valence-electron chi connectivity index (χ1n) is 9.70. The van der Waals surface area contributed by atoms with Crippen LogP contribution in [0, 0.1) is 0 Å². The third kappa shape index (κ3) is 2.55. The van der Waals surface area contributed by atoms with Gasteiger partial charge in [0.1, 0.15) is 0 Å². The van der Waals surface area contributed by atoms with Crippen molar-refractivity contribution in [3.8, 4) is 0 Å². The topological polar surface area (TPSA) is 9.23 Å². The zero-order valence-electron chi connectivity index (χ0n) is 15.2. The van der Waals surface area contributed by atoms with E-state index in [0.717, 1.165) is 19.4 Å². The Kier molecular flexibility index (Phi) is 3.80. The van der Waals surface area contributed by atoms with Crippen molar-refractivity contribution < 1.29 is 4.74 Å². The van der Waals surface area contributed by atoms with E-state index in [0.29, 0.717) is 5.92 Å². The van der Waals surface area contributed by atoms with E-state index in [-0.39, 0.29) is 5.22 Å². The molecule has 4 aromatic carbocycles. The van der Waals surface area contributed by atoms with Crippen LogP contribution >= 0.6 is 0 Å². The second-order valence-corrected chi connectivity index (χ2v) is 8.83. The van der Waals surface area contributed by atoms with Crippen molar-refractivity contribution in [1.82, 2.24) is 0 Å². The summed E-state index contributed by atoms with van der Waals surface area (Å²) in [6, 6.07) is 20.3. The molecule has 1 heterocycles. The Labute approximate surface area is 158 Å². The van der Waals surface area contributed by atoms with E-state index in [1.54, 1.807) is 0 Å². The lowest BCUT2D eigenvalue weighted by Gasteiger charge is -2.36. The molecule has 1 saturated heterocycles. The molecule has 0 amide bonds. The van der Waals surface area contributed by atoms with Crippen LogP contribution in [0.15, 0.2) is 54.6 Å². The van der Waals surface area contributed by atoms with Crippen molar-refractivity contribution >= 4 is 42.6 Å². The third-order valence-corrected chi connectivity index (χ3v) is 6.68. The van der Waals surface area contributed by atoms with Crippen LogP contribution in [-0.2, 0) is 4.74 Å². The predicted octanol–water partition coefficient (Wildman–Crippen LogP) is 6.14. The largest absolute Gasteiger partial charge is 0.379 e. The fourth-order valence-corrected chi connectivity index (χ4v) is 5.39. The Morgan fingerprint density at radius 2 is 1.62 bits per heavy atom. The molecule has 1 fully saturated rings. The van der Waals surface area contributed by atoms with Crippen molar-refractivity contribution in [1.29, 1.82) is 0 Å². The van der Waals surface area contributed by atoms with E-state index in [9.17, 15) is 0 Å². The summed E-state index contributed by atoms with van der Waals surface area (Å²) in [7, 11) is 3.96. The molecule has 1 aliphatic heterocycles. The molecule has 0 saturated carbocycles. The van der Waals surface area contributed by atoms with Crippen LogP contribution in [-0.4, -0.2) is 22.1 Å². The van der Waals surface area contributed by atoms with E-state index >= 15 is 0 Å². The van der Waals surface area contributed by atoms with Gasteiger partial charge in [-0.05, 0) is 69.5 Å². The normalized spacial score (nSPS) is 22.4. The minimum absolute atomic E-state index is 0.165. The number of hydrogen-bond acceptors (Lipinski definition) is 1. The number of rotatable bonds is 3. The van der Waals surface area contributed by atoms with Crippen molar-refractivity contribution in [3.05, 3.63) is 60.2 Å². The maximum absolute atomic E-state index is 6.10. The Balaban J connectivity index is 1.66. The maximum Gasteiger partial charge on any atom is 0.0705 e. The van der Waals surface area contributed by atoms with Crippen LogP contribution < -0.4 is 0 Å². The smallest absolute Gasteiger partial charge is 0.0705 e. The summed E-state index contributed by atoms with van der Waals surface area (Å²) in [6.07, 6.45) is 4.53. The molecule has 0 spiro atoms. The van der Waals surface area contributed by atoms with Crippen molar-refractivity contribution in [2.24, 2.45) is 0 Å². The van der Waals surface area contributed by atoms with Gasteiger partial charge in [0, 0.05) is 6.61 Å². The van der Waals surface area contributed by atoms with E-state index < -0.39 is 0 Å². The minimum atomic E-state index is -0.165. The molecule has 2 atom stereocenters. The van der Waals surface area contributed by atoms with E-state index in [4.69, 9.17) is 4.74 Å². The SMILES string of the molecule is CC(CC1([Si])CCCCO1)c1ccc2ccc3cccc4ccc1c2c34. The zero-order chi connectivity index (χ0) is 17.7. The van der Waals surface area contributed by atoms with Gasteiger partial charge in [0.2, 0.25) is 0 Å². The van der Waals surface area contributed by atoms with Crippen molar-refractivity contribution in [2.75, 3.05) is 6.61 Å². The molecular formula is C24H23OSi. The first kappa shape index (κ1) is 16.3. The molecule has 4 aromatic rings. The van der Waals surface area contributed by atoms with Gasteiger partial charge >= 0.3 is 0 Å². The van der Waals surface area contributed by atoms with Gasteiger partial charge in [0.05, 0.1) is 15.5 Å². The Bertz CT molecular complexity index is 1060. The first-order valence-corrected chi connectivity index (χ1v) is 10.2. The highest BCUT2D eigenvalue weighted by Gasteiger charge is 2.30. The molecule has 0 N–H and O–H groups in total. The molecule has 129 valence electrons. The second kappa shape index (κ2) is 6.07. The fraction of sp³-hybridized carbons (Fsp3) is 0.333. The number of ether oxygens (including phenoxy) is 1. The third-order valence-electron chi connectivity index (χ3n) is 6.08. The van der Waals surface area contributed by atoms with Gasteiger partial charge in [-0.1, -0.05) is 61.5 Å². The Morgan fingerprint density at radius 1 is 0.923 bits per heavy atom. The summed E-state index contributed by atoms with van der Waals surface area (Å²) in [5, 5.41) is 8.04. The molecule has 26 heavy (non-hydrogen) atoms. The van der Waals surface area contributed by atoms with Crippen LogP contribution in [0.1, 0.15) is 44.1 Å². The fourth-order valence-electron chi connectivity index (χ4n) is 4.81. The van der Waals surface area contributed by atoms with Gasteiger partial charge in [-0.15, -0.1) is 0 Å². The summed E-state index contributed by atoms with van der Waals surface area (Å²) >= 11 is 0. The molecule has 0 aliphatic carbocycles. The summed E-state index contributed by atoms with van der Waals surface area (Å²) in [4.78, 5) is 0. The van der Waals surface area contributed by atoms with E-state index in [2.05, 4.69) is 71.8 Å². The highest BCUT2D eigenvalue weighted by atomic mass is 28.1. The molecule has 2 heteroatoms. The monoisotopic (exact) mass is 355 g/mol. The Morgan fingerprint density at radius 3 is 2.35 bits per heavy atom. The van der Waals surface area contributed by atoms with Crippen LogP contribution in [0.25, 0.3) is 32.3 Å². The minimum Gasteiger partial charge on any atom is -0.379 e. The molecule has 2 unspecified atom stereocenters. The van der Waals surface area contributed by atoms with Gasteiger partial charge in [0.25, 0.3) is 0 Å². The quantitative estimate of drug-likeness (QED) is 0.317. The maximum atomic E-state index is 6.10. The lowest BCUT2D eigenvalue weighted by molar-refractivity contribution is -0.0258. The summed E-state index contributed by atoms with van der Waals surface area (Å²) < 4.78 is 6.10. The number of benzene rings is 4. The van der Waals surface area contributed by atoms with Gasteiger partial charge in [0.15, 0.2) is 0 Å². The van der Waals surface area contributed by atoms with E-state index in [1.165, 1.54) is 50.7 Å². The highest BCUT2D eigenvalue weighted by Crippen LogP contribution is 2.40. The van der Waals surface area contributed by atoms with Crippen LogP contribution in [0.2, 0.25) is 0 Å². The van der Waals surface area contributed by atoms with Crippen LogP contribution in [0.4, 0.5) is 0 Å². The van der Waals surface area contributed by atoms with Crippen LogP contribution in [0.3, 0.4) is 0 Å². The summed E-state index contributed by atoms with van der Waals surface area (Å²) in [6.45, 7) is 3.21. The summed E-state index contributed by atoms with van der Waals surface area (Å²) in [5.74, 6) is 0.440. The molecule has 3 radical (unpaired) electrons. The molecule has 1 aliphatic rings. The number of hydrogen-bond donors (Lipinski definition) is 0. The molecule has 5 rings (SSSR count). The molecule has 0 aromatic heterocycles. The molecule has 1 nitrogen and oxygen atoms in total. The highest BCUT2D eigenvalue weighted by molar-refractivity contribution is 6.23. The Hall–Kier alpha value is -1.90. The first-order chi connectivity index (χ1) is 12.6. The van der Waals surface area contributed by atoms with E-state index in [1.807, 2.05) is 0 Å². The van der Waals surface area contributed by atoms with Crippen molar-refractivity contribution in [3.63, 3.8) is 0 Å². The molecule has 0 bridgehead atoms. The second-order valence-electron chi connectivity index (χ2n) is 7.92. The average Bonchev–Trinajstić information content (AvgIpc) is 2.66. The lowest BCUT2D eigenvalue weighted by Crippen LogP contribution is -2.38. The van der Waals surface area contributed by atoms with Gasteiger partial charge in [-0.3, -0.25) is 0 Å². The molecular weight excluding hydrogens is 332 g/mol. The van der Waals surface area contributed by atoms with Crippen LogP contribution in [0.5, 0.6) is 0 Å². The van der Waals surface area contributed by atoms with Gasteiger partial charge < -0.3 is 4.74 Å². The van der Waals surface area contributed by atoms with Crippen molar-refractivity contribution in [2.45, 2.75) is 43.7 Å². The predicted molar refractivity (Wildman–Crippen MR) is 111 cm³/mol. The lowest BCUT2D eigenvalue weighted by atomic mass is 9.85. The summed E-state index contributed by atoms with van der Waals surface area (Å²) in [5.41, 5.74) is 1.43.